The summed E-state index contributed by atoms with van der Waals surface area (Å²) in [6.45, 7) is 0. The molecule has 6 heteroatoms. The largest absolute Gasteiger partial charge is 0.424 e. The fourth-order valence-electron chi connectivity index (χ4n) is 1.14. The predicted octanol–water partition coefficient (Wildman–Crippen LogP) is 4.04. The van der Waals surface area contributed by atoms with Crippen molar-refractivity contribution < 1.29 is 13.2 Å². The molecule has 16 heavy (non-hydrogen) atoms. The number of fused-ring (bicyclic) bond motifs is 1. The lowest BCUT2D eigenvalue weighted by atomic mass is 10.2. The van der Waals surface area contributed by atoms with Crippen molar-refractivity contribution >= 4 is 30.4 Å². The molecule has 1 aromatic rings. The van der Waals surface area contributed by atoms with Crippen LogP contribution in [-0.4, -0.2) is 12.4 Å². The quantitative estimate of drug-likeness (QED) is 0.690. The van der Waals surface area contributed by atoms with Crippen molar-refractivity contribution in [1.82, 2.24) is 0 Å². The number of rotatable bonds is 0. The topological polar surface area (TPSA) is 12.4 Å². The first-order valence-corrected chi connectivity index (χ1v) is 4.96. The molecule has 0 radical (unpaired) electrons. The third-order valence-electron chi connectivity index (χ3n) is 1.82. The van der Waals surface area contributed by atoms with Crippen LogP contribution >= 0.6 is 24.2 Å². The molecule has 2 rings (SSSR count). The molecule has 0 saturated carbocycles. The summed E-state index contributed by atoms with van der Waals surface area (Å²) in [4.78, 5) is 3.51. The molecular weight excluding hydrogens is 259 g/mol. The van der Waals surface area contributed by atoms with E-state index in [-0.39, 0.29) is 12.4 Å². The minimum absolute atomic E-state index is 0. The minimum Gasteiger partial charge on any atom is -0.263 e. The van der Waals surface area contributed by atoms with Crippen molar-refractivity contribution in [3.8, 4) is 0 Å². The van der Waals surface area contributed by atoms with Crippen LogP contribution < -0.4 is 0 Å². The molecule has 86 valence electrons. The summed E-state index contributed by atoms with van der Waals surface area (Å²) < 4.78 is 37.4. The molecule has 1 aromatic carbocycles. The molecule has 0 unspecified atom stereocenters. The standard InChI is InChI=1S/C10H6F3NS.ClH/c11-10(12,13)9-6-14-5-7-3-1-2-4-8(7)15-9;/h1-6H;1H. The first-order valence-electron chi connectivity index (χ1n) is 4.15. The highest BCUT2D eigenvalue weighted by Gasteiger charge is 2.35. The van der Waals surface area contributed by atoms with Gasteiger partial charge in [0.05, 0.1) is 0 Å². The third-order valence-corrected chi connectivity index (χ3v) is 2.97. The highest BCUT2D eigenvalue weighted by molar-refractivity contribution is 8.03. The minimum atomic E-state index is -4.33. The van der Waals surface area contributed by atoms with Gasteiger partial charge in [-0.05, 0) is 6.07 Å². The van der Waals surface area contributed by atoms with Crippen molar-refractivity contribution in [1.29, 1.82) is 0 Å². The highest BCUT2D eigenvalue weighted by Crippen LogP contribution is 2.40. The van der Waals surface area contributed by atoms with Crippen LogP contribution in [0.4, 0.5) is 13.2 Å². The molecule has 1 nitrogen and oxygen atoms in total. The van der Waals surface area contributed by atoms with Crippen molar-refractivity contribution in [2.75, 3.05) is 0 Å². The number of halogens is 4. The Hall–Kier alpha value is -0.940. The predicted molar refractivity (Wildman–Crippen MR) is 61.3 cm³/mol. The van der Waals surface area contributed by atoms with Gasteiger partial charge in [-0.15, -0.1) is 12.4 Å². The van der Waals surface area contributed by atoms with E-state index in [1.807, 2.05) is 0 Å². The maximum absolute atomic E-state index is 12.5. The van der Waals surface area contributed by atoms with E-state index in [1.54, 1.807) is 24.3 Å². The molecule has 0 fully saturated rings. The molecule has 0 N–H and O–H groups in total. The van der Waals surface area contributed by atoms with Crippen LogP contribution in [0.3, 0.4) is 0 Å². The van der Waals surface area contributed by atoms with E-state index in [9.17, 15) is 13.2 Å². The van der Waals surface area contributed by atoms with Gasteiger partial charge in [-0.1, -0.05) is 30.0 Å². The summed E-state index contributed by atoms with van der Waals surface area (Å²) in [7, 11) is 0. The first kappa shape index (κ1) is 13.1. The second-order valence-corrected chi connectivity index (χ2v) is 3.99. The Balaban J connectivity index is 0.00000128. The molecule has 1 aliphatic rings. The zero-order chi connectivity index (χ0) is 10.9. The van der Waals surface area contributed by atoms with E-state index < -0.39 is 11.1 Å². The Morgan fingerprint density at radius 3 is 2.50 bits per heavy atom. The van der Waals surface area contributed by atoms with Crippen LogP contribution in [0.1, 0.15) is 5.56 Å². The number of nitrogens with zero attached hydrogens (tertiary/aromatic N) is 1. The fourth-order valence-corrected chi connectivity index (χ4v) is 1.99. The number of aliphatic imine (C=N–C) groups is 1. The molecule has 0 atom stereocenters. The van der Waals surface area contributed by atoms with Gasteiger partial charge >= 0.3 is 6.18 Å². The van der Waals surface area contributed by atoms with E-state index in [1.165, 1.54) is 6.21 Å². The third kappa shape index (κ3) is 2.80. The van der Waals surface area contributed by atoms with Gasteiger partial charge in [-0.2, -0.15) is 13.2 Å². The van der Waals surface area contributed by atoms with Gasteiger partial charge in [0.1, 0.15) is 4.91 Å². The van der Waals surface area contributed by atoms with Crippen LogP contribution in [0.25, 0.3) is 0 Å². The van der Waals surface area contributed by atoms with Gasteiger partial charge in [-0.3, -0.25) is 4.99 Å². The van der Waals surface area contributed by atoms with Gasteiger partial charge in [0.15, 0.2) is 0 Å². The molecule has 0 aliphatic carbocycles. The Morgan fingerprint density at radius 2 is 1.81 bits per heavy atom. The summed E-state index contributed by atoms with van der Waals surface area (Å²) >= 11 is 0.696. The molecule has 1 aliphatic heterocycles. The maximum atomic E-state index is 12.5. The van der Waals surface area contributed by atoms with Gasteiger partial charge in [0.2, 0.25) is 0 Å². The molecule has 0 amide bonds. The number of alkyl halides is 3. The number of allylic oxidation sites excluding steroid dienone is 1. The second kappa shape index (κ2) is 4.93. The lowest BCUT2D eigenvalue weighted by Gasteiger charge is -2.09. The van der Waals surface area contributed by atoms with Gasteiger partial charge in [-0.25, -0.2) is 0 Å². The number of benzene rings is 1. The molecule has 0 bridgehead atoms. The van der Waals surface area contributed by atoms with Crippen LogP contribution in [-0.2, 0) is 0 Å². The number of hydrogen-bond acceptors (Lipinski definition) is 2. The summed E-state index contributed by atoms with van der Waals surface area (Å²) in [5.74, 6) is 0. The Kier molecular flexibility index (Phi) is 4.04. The van der Waals surface area contributed by atoms with Crippen molar-refractivity contribution in [3.63, 3.8) is 0 Å². The summed E-state index contributed by atoms with van der Waals surface area (Å²) in [5.41, 5.74) is 0.706. The van der Waals surface area contributed by atoms with Crippen LogP contribution in [0, 0.1) is 0 Å². The molecule has 1 heterocycles. The molecule has 0 spiro atoms. The van der Waals surface area contributed by atoms with E-state index in [2.05, 4.69) is 4.99 Å². The molecule has 0 saturated heterocycles. The van der Waals surface area contributed by atoms with Crippen molar-refractivity contribution in [3.05, 3.63) is 40.9 Å². The Bertz CT molecular complexity index is 440. The van der Waals surface area contributed by atoms with E-state index in [0.717, 1.165) is 6.20 Å². The van der Waals surface area contributed by atoms with E-state index in [0.29, 0.717) is 22.2 Å². The monoisotopic (exact) mass is 265 g/mol. The second-order valence-electron chi connectivity index (χ2n) is 2.91. The molecule has 0 aromatic heterocycles. The Morgan fingerprint density at radius 1 is 1.12 bits per heavy atom. The normalized spacial score (nSPS) is 14.6. The number of thioether (sulfide) groups is 1. The van der Waals surface area contributed by atoms with Gasteiger partial charge in [0, 0.05) is 22.9 Å². The zero-order valence-electron chi connectivity index (χ0n) is 7.86. The SMILES string of the molecule is Cl.FC(F)(F)C1=CN=Cc2ccccc2S1. The summed E-state index contributed by atoms with van der Waals surface area (Å²) in [6.07, 6.45) is -2.05. The van der Waals surface area contributed by atoms with Gasteiger partial charge in [0.25, 0.3) is 0 Å². The smallest absolute Gasteiger partial charge is 0.263 e. The lowest BCUT2D eigenvalue weighted by Crippen LogP contribution is -2.08. The number of hydrogen-bond donors (Lipinski definition) is 0. The van der Waals surface area contributed by atoms with Crippen molar-refractivity contribution in [2.24, 2.45) is 4.99 Å². The van der Waals surface area contributed by atoms with Gasteiger partial charge < -0.3 is 0 Å². The Labute approximate surface area is 101 Å². The van der Waals surface area contributed by atoms with E-state index >= 15 is 0 Å². The lowest BCUT2D eigenvalue weighted by molar-refractivity contribution is -0.0837. The summed E-state index contributed by atoms with van der Waals surface area (Å²) in [6, 6.07) is 6.86. The summed E-state index contributed by atoms with van der Waals surface area (Å²) in [5, 5.41) is 0. The van der Waals surface area contributed by atoms with Crippen LogP contribution in [0.2, 0.25) is 0 Å². The first-order chi connectivity index (χ1) is 7.07. The van der Waals surface area contributed by atoms with Crippen LogP contribution in [0.15, 0.2) is 45.3 Å². The maximum Gasteiger partial charge on any atom is 0.424 e. The van der Waals surface area contributed by atoms with Crippen molar-refractivity contribution in [2.45, 2.75) is 11.1 Å². The average molecular weight is 266 g/mol. The zero-order valence-corrected chi connectivity index (χ0v) is 9.49. The highest BCUT2D eigenvalue weighted by atomic mass is 35.5. The average Bonchev–Trinajstić information content (AvgIpc) is 2.38. The van der Waals surface area contributed by atoms with E-state index in [4.69, 9.17) is 0 Å². The van der Waals surface area contributed by atoms with Crippen LogP contribution in [0.5, 0.6) is 0 Å². The fraction of sp³-hybridized carbons (Fsp3) is 0.100. The molecular formula is C10H7ClF3NS.